The van der Waals surface area contributed by atoms with Crippen LogP contribution in [0.15, 0.2) is 78.4 Å². The molecule has 3 aromatic carbocycles. The van der Waals surface area contributed by atoms with Crippen molar-refractivity contribution in [2.24, 2.45) is 5.92 Å². The first-order valence-corrected chi connectivity index (χ1v) is 12.6. The Labute approximate surface area is 223 Å². The molecule has 0 aliphatic carbocycles. The molecule has 1 aliphatic heterocycles. The van der Waals surface area contributed by atoms with Gasteiger partial charge in [0.2, 0.25) is 0 Å². The van der Waals surface area contributed by atoms with Crippen molar-refractivity contribution in [2.45, 2.75) is 39.8 Å². The standard InChI is InChI=1S/C31H33NO6/c1-19(2)18-37-25-13-7-10-22(16-25)29(33)27-28(21-9-6-14-26(15-21)38-20(3)4)32(31(35)30(27)34)23-11-8-12-24(17-23)36-5/h6-17,19-20,28,33H,18H2,1-5H3/b29-27+. The van der Waals surface area contributed by atoms with E-state index >= 15 is 0 Å². The van der Waals surface area contributed by atoms with E-state index in [2.05, 4.69) is 0 Å². The van der Waals surface area contributed by atoms with E-state index in [0.717, 1.165) is 0 Å². The predicted molar refractivity (Wildman–Crippen MR) is 147 cm³/mol. The van der Waals surface area contributed by atoms with E-state index in [0.29, 0.717) is 46.6 Å². The quantitative estimate of drug-likeness (QED) is 0.209. The predicted octanol–water partition coefficient (Wildman–Crippen LogP) is 6.14. The molecule has 1 saturated heterocycles. The van der Waals surface area contributed by atoms with Gasteiger partial charge in [-0.1, -0.05) is 44.2 Å². The van der Waals surface area contributed by atoms with E-state index in [1.54, 1.807) is 60.7 Å². The maximum absolute atomic E-state index is 13.5. The molecule has 198 valence electrons. The lowest BCUT2D eigenvalue weighted by molar-refractivity contribution is -0.132. The number of amides is 1. The summed E-state index contributed by atoms with van der Waals surface area (Å²) < 4.78 is 17.1. The van der Waals surface area contributed by atoms with E-state index in [-0.39, 0.29) is 17.4 Å². The van der Waals surface area contributed by atoms with Crippen LogP contribution in [0.2, 0.25) is 0 Å². The highest BCUT2D eigenvalue weighted by Gasteiger charge is 2.47. The second kappa shape index (κ2) is 11.4. The van der Waals surface area contributed by atoms with Crippen LogP contribution in [0.25, 0.3) is 5.76 Å². The molecular weight excluding hydrogens is 482 g/mol. The van der Waals surface area contributed by atoms with Gasteiger partial charge in [-0.05, 0) is 61.7 Å². The molecule has 3 aromatic rings. The number of ketones is 1. The first-order valence-electron chi connectivity index (χ1n) is 12.6. The van der Waals surface area contributed by atoms with Crippen molar-refractivity contribution >= 4 is 23.1 Å². The number of hydrogen-bond acceptors (Lipinski definition) is 6. The largest absolute Gasteiger partial charge is 0.507 e. The average Bonchev–Trinajstić information content (AvgIpc) is 3.17. The minimum Gasteiger partial charge on any atom is -0.507 e. The van der Waals surface area contributed by atoms with Crippen LogP contribution < -0.4 is 19.1 Å². The van der Waals surface area contributed by atoms with Crippen molar-refractivity contribution in [3.05, 3.63) is 89.5 Å². The Morgan fingerprint density at radius 3 is 2.29 bits per heavy atom. The summed E-state index contributed by atoms with van der Waals surface area (Å²) >= 11 is 0. The number of Topliss-reactive ketones (excluding diaryl/α,β-unsaturated/α-hetero) is 1. The van der Waals surface area contributed by atoms with Gasteiger partial charge in [0.05, 0.1) is 31.4 Å². The van der Waals surface area contributed by atoms with Crippen molar-refractivity contribution in [2.75, 3.05) is 18.6 Å². The number of rotatable bonds is 9. The van der Waals surface area contributed by atoms with Crippen molar-refractivity contribution in [1.29, 1.82) is 0 Å². The summed E-state index contributed by atoms with van der Waals surface area (Å²) in [7, 11) is 1.53. The Morgan fingerprint density at radius 2 is 1.58 bits per heavy atom. The summed E-state index contributed by atoms with van der Waals surface area (Å²) in [4.78, 5) is 28.4. The molecule has 4 rings (SSSR count). The van der Waals surface area contributed by atoms with Gasteiger partial charge in [0.15, 0.2) is 0 Å². The van der Waals surface area contributed by atoms with Gasteiger partial charge >= 0.3 is 0 Å². The molecule has 1 heterocycles. The van der Waals surface area contributed by atoms with E-state index in [9.17, 15) is 14.7 Å². The van der Waals surface area contributed by atoms with Gasteiger partial charge in [-0.15, -0.1) is 0 Å². The Morgan fingerprint density at radius 1 is 0.895 bits per heavy atom. The van der Waals surface area contributed by atoms with Crippen molar-refractivity contribution in [1.82, 2.24) is 0 Å². The maximum atomic E-state index is 13.5. The summed E-state index contributed by atoms with van der Waals surface area (Å²) in [5, 5.41) is 11.5. The second-order valence-electron chi connectivity index (χ2n) is 9.84. The number of benzene rings is 3. The minimum atomic E-state index is -0.891. The fourth-order valence-corrected chi connectivity index (χ4v) is 4.36. The third-order valence-electron chi connectivity index (χ3n) is 6.01. The Hall–Kier alpha value is -4.26. The fourth-order valence-electron chi connectivity index (χ4n) is 4.36. The molecule has 1 aliphatic rings. The highest BCUT2D eigenvalue weighted by Crippen LogP contribution is 2.43. The van der Waals surface area contributed by atoms with Crippen LogP contribution in [0.4, 0.5) is 5.69 Å². The van der Waals surface area contributed by atoms with Crippen LogP contribution in [0.5, 0.6) is 17.2 Å². The SMILES string of the molecule is COc1cccc(N2C(=O)C(=O)/C(=C(/O)c3cccc(OCC(C)C)c3)C2c2cccc(OC(C)C)c2)c1. The molecular formula is C31H33NO6. The highest BCUT2D eigenvalue weighted by molar-refractivity contribution is 6.51. The van der Waals surface area contributed by atoms with Gasteiger partial charge in [-0.25, -0.2) is 0 Å². The third-order valence-corrected chi connectivity index (χ3v) is 6.01. The van der Waals surface area contributed by atoms with Crippen molar-refractivity contribution < 1.29 is 28.9 Å². The lowest BCUT2D eigenvalue weighted by Crippen LogP contribution is -2.29. The van der Waals surface area contributed by atoms with Crippen LogP contribution in [0.3, 0.4) is 0 Å². The topological polar surface area (TPSA) is 85.3 Å². The summed E-state index contributed by atoms with van der Waals surface area (Å²) in [5.41, 5.74) is 1.47. The van der Waals surface area contributed by atoms with Gasteiger partial charge in [-0.3, -0.25) is 14.5 Å². The first-order chi connectivity index (χ1) is 18.2. The van der Waals surface area contributed by atoms with Gasteiger partial charge in [0.1, 0.15) is 23.0 Å². The highest BCUT2D eigenvalue weighted by atomic mass is 16.5. The first kappa shape index (κ1) is 26.8. The molecule has 1 amide bonds. The molecule has 0 bridgehead atoms. The number of aliphatic hydroxyl groups is 1. The molecule has 0 saturated carbocycles. The van der Waals surface area contributed by atoms with E-state index in [4.69, 9.17) is 14.2 Å². The summed E-state index contributed by atoms with van der Waals surface area (Å²) in [6.07, 6.45) is -0.0661. The van der Waals surface area contributed by atoms with Crippen LogP contribution >= 0.6 is 0 Å². The van der Waals surface area contributed by atoms with Gasteiger partial charge in [0.25, 0.3) is 11.7 Å². The van der Waals surface area contributed by atoms with Crippen molar-refractivity contribution in [3.63, 3.8) is 0 Å². The van der Waals surface area contributed by atoms with Crippen LogP contribution in [0, 0.1) is 5.92 Å². The molecule has 1 fully saturated rings. The molecule has 1 N–H and O–H groups in total. The molecule has 0 radical (unpaired) electrons. The van der Waals surface area contributed by atoms with Crippen LogP contribution in [-0.4, -0.2) is 36.6 Å². The number of aliphatic hydroxyl groups excluding tert-OH is 1. The van der Waals surface area contributed by atoms with Gasteiger partial charge < -0.3 is 19.3 Å². The zero-order chi connectivity index (χ0) is 27.4. The van der Waals surface area contributed by atoms with Crippen LogP contribution in [-0.2, 0) is 9.59 Å². The Kier molecular flexibility index (Phi) is 8.05. The van der Waals surface area contributed by atoms with E-state index in [1.165, 1.54) is 12.0 Å². The summed E-state index contributed by atoms with van der Waals surface area (Å²) in [6, 6.07) is 20.2. The van der Waals surface area contributed by atoms with Crippen molar-refractivity contribution in [3.8, 4) is 17.2 Å². The second-order valence-corrected chi connectivity index (χ2v) is 9.84. The normalized spacial score (nSPS) is 16.8. The Balaban J connectivity index is 1.88. The Bertz CT molecular complexity index is 1360. The monoisotopic (exact) mass is 515 g/mol. The molecule has 1 unspecified atom stereocenters. The summed E-state index contributed by atoms with van der Waals surface area (Å²) in [5.74, 6) is 0.220. The third kappa shape index (κ3) is 5.67. The number of carbonyl (C=O) groups is 2. The van der Waals surface area contributed by atoms with E-state index < -0.39 is 17.7 Å². The zero-order valence-corrected chi connectivity index (χ0v) is 22.3. The number of ether oxygens (including phenoxy) is 3. The molecule has 0 aromatic heterocycles. The summed E-state index contributed by atoms with van der Waals surface area (Å²) in [6.45, 7) is 8.43. The van der Waals surface area contributed by atoms with Gasteiger partial charge in [0, 0.05) is 17.3 Å². The number of hydrogen-bond donors (Lipinski definition) is 1. The van der Waals surface area contributed by atoms with Crippen LogP contribution in [0.1, 0.15) is 44.9 Å². The lowest BCUT2D eigenvalue weighted by atomic mass is 9.95. The smallest absolute Gasteiger partial charge is 0.300 e. The fraction of sp³-hybridized carbons (Fsp3) is 0.290. The van der Waals surface area contributed by atoms with E-state index in [1.807, 2.05) is 39.8 Å². The molecule has 38 heavy (non-hydrogen) atoms. The minimum absolute atomic E-state index is 0.0134. The molecule has 1 atom stereocenters. The molecule has 7 nitrogen and oxygen atoms in total. The number of methoxy groups -OCH3 is 1. The maximum Gasteiger partial charge on any atom is 0.300 e. The average molecular weight is 516 g/mol. The lowest BCUT2D eigenvalue weighted by Gasteiger charge is -2.26. The molecule has 7 heteroatoms. The van der Waals surface area contributed by atoms with Gasteiger partial charge in [-0.2, -0.15) is 0 Å². The number of nitrogens with zero attached hydrogens (tertiary/aromatic N) is 1. The zero-order valence-electron chi connectivity index (χ0n) is 22.3. The molecule has 0 spiro atoms. The number of carbonyl (C=O) groups excluding carboxylic acids is 2. The number of anilines is 1.